The summed E-state index contributed by atoms with van der Waals surface area (Å²) >= 11 is 0. The summed E-state index contributed by atoms with van der Waals surface area (Å²) in [4.78, 5) is 13.4. The van der Waals surface area contributed by atoms with Gasteiger partial charge in [-0.2, -0.15) is 0 Å². The Hall–Kier alpha value is -1.89. The highest BCUT2D eigenvalue weighted by atomic mass is 16.7. The number of ether oxygens (including phenoxy) is 4. The van der Waals surface area contributed by atoms with E-state index in [1.54, 1.807) is 26.1 Å². The van der Waals surface area contributed by atoms with Gasteiger partial charge in [-0.05, 0) is 12.1 Å². The molecule has 0 N–H and O–H groups in total. The van der Waals surface area contributed by atoms with Gasteiger partial charge < -0.3 is 23.8 Å². The maximum atomic E-state index is 11.8. The molecule has 2 aliphatic rings. The first kappa shape index (κ1) is 17.0. The molecule has 0 spiro atoms. The normalized spacial score (nSPS) is 29.0. The van der Waals surface area contributed by atoms with E-state index in [0.29, 0.717) is 13.0 Å². The average Bonchev–Trinajstić information content (AvgIpc) is 2.61. The molecule has 6 heteroatoms. The molecule has 0 aliphatic carbocycles. The molecule has 1 aromatic carbocycles. The van der Waals surface area contributed by atoms with Crippen LogP contribution in [0.4, 0.5) is 0 Å². The van der Waals surface area contributed by atoms with E-state index in [0.717, 1.165) is 11.3 Å². The molecule has 1 aromatic rings. The predicted octanol–water partition coefficient (Wildman–Crippen LogP) is 1.91. The summed E-state index contributed by atoms with van der Waals surface area (Å²) in [6, 6.07) is 7.61. The van der Waals surface area contributed by atoms with Crippen molar-refractivity contribution in [2.24, 2.45) is 0 Å². The molecule has 0 saturated carbocycles. The molecular weight excluding hydrogens is 310 g/mol. The van der Waals surface area contributed by atoms with Crippen LogP contribution in [0, 0.1) is 0 Å². The number of hydrogen-bond acceptors (Lipinski definition) is 5. The lowest BCUT2D eigenvalue weighted by Crippen LogP contribution is -2.46. The summed E-state index contributed by atoms with van der Waals surface area (Å²) < 4.78 is 22.9. The number of carbonyl (C=O) groups excluding carboxylic acids is 1. The number of methoxy groups -OCH3 is 1. The fourth-order valence-electron chi connectivity index (χ4n) is 2.74. The van der Waals surface area contributed by atoms with Gasteiger partial charge in [0.25, 0.3) is 0 Å². The number of amides is 1. The fraction of sp³-hybridized carbons (Fsp3) is 0.500. The summed E-state index contributed by atoms with van der Waals surface area (Å²) in [5, 5.41) is 0. The van der Waals surface area contributed by atoms with Gasteiger partial charge in [-0.3, -0.25) is 4.79 Å². The van der Waals surface area contributed by atoms with Gasteiger partial charge in [0.2, 0.25) is 5.91 Å². The quantitative estimate of drug-likeness (QED) is 0.788. The molecule has 0 unspecified atom stereocenters. The minimum absolute atomic E-state index is 0.0388. The van der Waals surface area contributed by atoms with E-state index in [-0.39, 0.29) is 24.2 Å². The van der Waals surface area contributed by atoms with E-state index < -0.39 is 6.29 Å². The second-order valence-corrected chi connectivity index (χ2v) is 6.13. The molecule has 6 nitrogen and oxygen atoms in total. The van der Waals surface area contributed by atoms with E-state index in [1.807, 2.05) is 36.4 Å². The molecule has 2 heterocycles. The van der Waals surface area contributed by atoms with Gasteiger partial charge in [-0.25, -0.2) is 0 Å². The molecule has 0 bridgehead atoms. The van der Waals surface area contributed by atoms with E-state index in [9.17, 15) is 4.79 Å². The molecule has 0 aromatic heterocycles. The van der Waals surface area contributed by atoms with Crippen molar-refractivity contribution in [3.05, 3.63) is 42.0 Å². The number of carbonyl (C=O) groups is 1. The van der Waals surface area contributed by atoms with Crippen LogP contribution in [0.5, 0.6) is 5.75 Å². The Kier molecular flexibility index (Phi) is 5.18. The second kappa shape index (κ2) is 7.34. The van der Waals surface area contributed by atoms with Gasteiger partial charge in [-0.1, -0.05) is 24.3 Å². The third-order valence-electron chi connectivity index (χ3n) is 4.19. The van der Waals surface area contributed by atoms with Crippen LogP contribution in [-0.2, 0) is 19.0 Å². The van der Waals surface area contributed by atoms with E-state index >= 15 is 0 Å². The van der Waals surface area contributed by atoms with Crippen molar-refractivity contribution < 1.29 is 23.7 Å². The Bertz CT molecular complexity index is 598. The van der Waals surface area contributed by atoms with Gasteiger partial charge in [0.05, 0.1) is 26.2 Å². The molecule has 24 heavy (non-hydrogen) atoms. The first-order valence-corrected chi connectivity index (χ1v) is 8.02. The van der Waals surface area contributed by atoms with Crippen LogP contribution in [0.25, 0.3) is 0 Å². The van der Waals surface area contributed by atoms with Gasteiger partial charge in [0.15, 0.2) is 6.29 Å². The summed E-state index contributed by atoms with van der Waals surface area (Å²) in [6.45, 7) is 0.429. The first-order chi connectivity index (χ1) is 11.6. The average molecular weight is 333 g/mol. The molecule has 3 rings (SSSR count). The lowest BCUT2D eigenvalue weighted by atomic mass is 10.1. The molecule has 0 radical (unpaired) electrons. The van der Waals surface area contributed by atoms with Gasteiger partial charge >= 0.3 is 0 Å². The monoisotopic (exact) mass is 333 g/mol. The SMILES string of the molecule is COc1ccc([C@@H]2OC[C@H]3O[C@@H](CC(=O)N(C)C)C=C[C@@H]3O2)cc1. The van der Waals surface area contributed by atoms with E-state index in [2.05, 4.69) is 0 Å². The fourth-order valence-corrected chi connectivity index (χ4v) is 2.74. The van der Waals surface area contributed by atoms with Crippen LogP contribution in [0.15, 0.2) is 36.4 Å². The summed E-state index contributed by atoms with van der Waals surface area (Å²) in [7, 11) is 5.11. The molecule has 1 fully saturated rings. The van der Waals surface area contributed by atoms with Crippen molar-refractivity contribution in [2.75, 3.05) is 27.8 Å². The maximum Gasteiger partial charge on any atom is 0.224 e. The smallest absolute Gasteiger partial charge is 0.224 e. The summed E-state index contributed by atoms with van der Waals surface area (Å²) in [5.41, 5.74) is 0.938. The van der Waals surface area contributed by atoms with Gasteiger partial charge in [-0.15, -0.1) is 0 Å². The van der Waals surface area contributed by atoms with Crippen molar-refractivity contribution in [2.45, 2.75) is 31.0 Å². The van der Waals surface area contributed by atoms with E-state index in [1.165, 1.54) is 0 Å². The van der Waals surface area contributed by atoms with Crippen LogP contribution in [0.3, 0.4) is 0 Å². The Morgan fingerprint density at radius 2 is 1.96 bits per heavy atom. The number of rotatable bonds is 4. The third-order valence-corrected chi connectivity index (χ3v) is 4.19. The number of fused-ring (bicyclic) bond motifs is 1. The zero-order valence-corrected chi connectivity index (χ0v) is 14.2. The predicted molar refractivity (Wildman–Crippen MR) is 87.7 cm³/mol. The van der Waals surface area contributed by atoms with Gasteiger partial charge in [0.1, 0.15) is 18.0 Å². The van der Waals surface area contributed by atoms with Crippen LogP contribution in [0.2, 0.25) is 0 Å². The van der Waals surface area contributed by atoms with Crippen molar-refractivity contribution in [1.82, 2.24) is 4.90 Å². The first-order valence-electron chi connectivity index (χ1n) is 8.02. The number of hydrogen-bond donors (Lipinski definition) is 0. The van der Waals surface area contributed by atoms with Crippen LogP contribution in [-0.4, -0.2) is 56.9 Å². The molecular formula is C18H23NO5. The van der Waals surface area contributed by atoms with Crippen molar-refractivity contribution in [3.8, 4) is 5.75 Å². The molecule has 1 saturated heterocycles. The van der Waals surface area contributed by atoms with Crippen LogP contribution < -0.4 is 4.74 Å². The highest BCUT2D eigenvalue weighted by Gasteiger charge is 2.36. The van der Waals surface area contributed by atoms with Crippen LogP contribution >= 0.6 is 0 Å². The maximum absolute atomic E-state index is 11.8. The Morgan fingerprint density at radius 3 is 2.62 bits per heavy atom. The minimum Gasteiger partial charge on any atom is -0.497 e. The van der Waals surface area contributed by atoms with Gasteiger partial charge in [0, 0.05) is 19.7 Å². The minimum atomic E-state index is -0.426. The second-order valence-electron chi connectivity index (χ2n) is 6.13. The molecule has 1 amide bonds. The highest BCUT2D eigenvalue weighted by molar-refractivity contribution is 5.76. The third kappa shape index (κ3) is 3.77. The Morgan fingerprint density at radius 1 is 1.21 bits per heavy atom. The highest BCUT2D eigenvalue weighted by Crippen LogP contribution is 2.32. The Labute approximate surface area is 141 Å². The lowest BCUT2D eigenvalue weighted by Gasteiger charge is -2.39. The zero-order valence-electron chi connectivity index (χ0n) is 14.2. The molecule has 130 valence electrons. The zero-order chi connectivity index (χ0) is 17.1. The largest absolute Gasteiger partial charge is 0.497 e. The topological polar surface area (TPSA) is 57.2 Å². The van der Waals surface area contributed by atoms with Crippen LogP contribution in [0.1, 0.15) is 18.3 Å². The standard InChI is InChI=1S/C18H23NO5/c1-19(2)17(20)10-14-8-9-15-16(23-14)11-22-18(24-15)12-4-6-13(21-3)7-5-12/h4-9,14-16,18H,10-11H2,1-3H3/t14-,15+,16-,18-/m1/s1. The van der Waals surface area contributed by atoms with Crippen molar-refractivity contribution >= 4 is 5.91 Å². The molecule has 4 atom stereocenters. The lowest BCUT2D eigenvalue weighted by molar-refractivity contribution is -0.262. The van der Waals surface area contributed by atoms with Crippen molar-refractivity contribution in [3.63, 3.8) is 0 Å². The summed E-state index contributed by atoms with van der Waals surface area (Å²) in [5.74, 6) is 0.832. The van der Waals surface area contributed by atoms with Crippen molar-refractivity contribution in [1.29, 1.82) is 0 Å². The molecule has 2 aliphatic heterocycles. The number of benzene rings is 1. The summed E-state index contributed by atoms with van der Waals surface area (Å²) in [6.07, 6.45) is 3.19. The van der Waals surface area contributed by atoms with E-state index in [4.69, 9.17) is 18.9 Å². The number of nitrogens with zero attached hydrogens (tertiary/aromatic N) is 1. The Balaban J connectivity index is 1.61.